The van der Waals surface area contributed by atoms with Gasteiger partial charge < -0.3 is 41.2 Å². The first-order valence-electron chi connectivity index (χ1n) is 29.6. The van der Waals surface area contributed by atoms with E-state index in [-0.39, 0.29) is 137 Å². The van der Waals surface area contributed by atoms with Gasteiger partial charge in [0.15, 0.2) is 23.0 Å². The Morgan fingerprint density at radius 2 is 1.67 bits per heavy atom. The van der Waals surface area contributed by atoms with Crippen molar-refractivity contribution in [1.82, 2.24) is 30.7 Å². The minimum atomic E-state index is -2.04. The highest BCUT2D eigenvalue weighted by molar-refractivity contribution is 6.08. The molecule has 2 aromatic carbocycles. The Balaban J connectivity index is 0.787. The number of nitrogens with one attached hydrogen (secondary N) is 3. The van der Waals surface area contributed by atoms with Crippen LogP contribution in [0, 0.1) is 24.6 Å². The van der Waals surface area contributed by atoms with Gasteiger partial charge in [-0.15, -0.1) is 0 Å². The second-order valence-corrected chi connectivity index (χ2v) is 23.0. The van der Waals surface area contributed by atoms with E-state index in [0.29, 0.717) is 93.5 Å². The molecule has 1 aliphatic carbocycles. The smallest absolute Gasteiger partial charge is 0.350 e. The number of esters is 2. The summed E-state index contributed by atoms with van der Waals surface area (Å²) in [6, 6.07) is 9.27. The van der Waals surface area contributed by atoms with E-state index in [1.807, 2.05) is 4.90 Å². The summed E-state index contributed by atoms with van der Waals surface area (Å²) in [7, 11) is 0. The van der Waals surface area contributed by atoms with Gasteiger partial charge in [-0.25, -0.2) is 19.0 Å². The third-order valence-corrected chi connectivity index (χ3v) is 17.0. The first-order valence-corrected chi connectivity index (χ1v) is 29.6. The van der Waals surface area contributed by atoms with Crippen LogP contribution >= 0.6 is 0 Å². The number of nitrogens with zero attached hydrogens (tertiary/aromatic N) is 3. The number of fused-ring (bicyclic) bond motifs is 4. The predicted molar refractivity (Wildman–Crippen MR) is 306 cm³/mol. The van der Waals surface area contributed by atoms with E-state index in [9.17, 15) is 57.8 Å². The number of ether oxygens (including phenoxy) is 2. The van der Waals surface area contributed by atoms with Crippen molar-refractivity contribution in [2.45, 2.75) is 160 Å². The van der Waals surface area contributed by atoms with Crippen molar-refractivity contribution in [1.29, 1.82) is 0 Å². The standard InChI is InChI=1S/C63H76FN7O14/c1-4-63(83)47-29-51-58-46(33-70(51)32-45(47)61(81)85-62(63)82)56-39(17-19-44-37(3)48(64)30-50(69-58)57(44)56)27-43(74)34-84-35-67-53(76)22-20-52(75)49(26-38-13-7-5-8-14-38)68-54(77)21-18-42(73)31-66-59(79)40(15-10-11-23-65)28-41(72)16-9-6-12-24-71-55(78)25-36(2)60(71)80/h5,7-8,13-14,29-30,36,39-40,49,83H,4,6,9-12,15-28,31-35,65H2,1-3H3,(H,66,79)(H,67,76)(H,68,77)/t36?,39-,40-,49+,63+/m1/s1. The van der Waals surface area contributed by atoms with Crippen molar-refractivity contribution < 1.29 is 71.7 Å². The summed E-state index contributed by atoms with van der Waals surface area (Å²) >= 11 is 0. The highest BCUT2D eigenvalue weighted by atomic mass is 19.1. The molecule has 6 N–H and O–H groups in total. The molecule has 21 nitrogen and oxygen atoms in total. The number of pyridine rings is 1. The Labute approximate surface area is 492 Å². The van der Waals surface area contributed by atoms with Crippen LogP contribution in [-0.4, -0.2) is 136 Å². The molecule has 1 saturated heterocycles. The maximum Gasteiger partial charge on any atom is 0.350 e. The Hall–Kier alpha value is -7.69. The van der Waals surface area contributed by atoms with E-state index in [1.165, 1.54) is 11.0 Å². The summed E-state index contributed by atoms with van der Waals surface area (Å²) < 4.78 is 26.0. The highest BCUT2D eigenvalue weighted by Crippen LogP contribution is 2.49. The summed E-state index contributed by atoms with van der Waals surface area (Å²) in [4.78, 5) is 151. The Kier molecular flexibility index (Phi) is 21.2. The topological polar surface area (TPSA) is 308 Å². The summed E-state index contributed by atoms with van der Waals surface area (Å²) in [6.45, 7) is 5.04. The van der Waals surface area contributed by atoms with E-state index < -0.39 is 64.6 Å². The number of amides is 5. The van der Waals surface area contributed by atoms with Crippen LogP contribution < -0.4 is 21.7 Å². The SMILES string of the molecule is CC[C@@]1(O)C(=O)OC(=O)C2=C1C=C1c3nc4cc(F)c(C)c5c4c(c3CN1C2)[C@@H](CC(=O)COCNC(=O)CCC(=O)[C@H](Cc1ccccc1)NC(=O)CCC(=O)CNC(=O)[C@H](CCCCN)CC(=O)CCCCCN1C(=O)CC(C)C1=O)CC5. The van der Waals surface area contributed by atoms with Crippen LogP contribution in [0.15, 0.2) is 53.6 Å². The molecule has 1 fully saturated rings. The van der Waals surface area contributed by atoms with Crippen LogP contribution in [0.4, 0.5) is 4.39 Å². The van der Waals surface area contributed by atoms with Crippen molar-refractivity contribution in [2.24, 2.45) is 17.6 Å². The zero-order chi connectivity index (χ0) is 61.1. The minimum absolute atomic E-state index is 0.0207. The quantitative estimate of drug-likeness (QED) is 0.0187. The number of halogens is 1. The number of rotatable bonds is 32. The number of aryl methyl sites for hydroxylation is 1. The molecule has 1 unspecified atom stereocenters. The fourth-order valence-electron chi connectivity index (χ4n) is 12.1. The lowest BCUT2D eigenvalue weighted by atomic mass is 9.76. The number of likely N-dealkylation sites (tertiary alicyclic amines) is 1. The number of aromatic nitrogens is 1. The molecule has 1 aromatic heterocycles. The Bertz CT molecular complexity index is 3230. The first kappa shape index (κ1) is 63.3. The molecule has 22 heteroatoms. The molecule has 0 bridgehead atoms. The molecule has 0 saturated carbocycles. The van der Waals surface area contributed by atoms with Crippen LogP contribution in [0.25, 0.3) is 16.6 Å². The number of nitrogens with two attached hydrogens (primary N) is 1. The number of benzene rings is 2. The van der Waals surface area contributed by atoms with Gasteiger partial charge in [0.1, 0.15) is 24.9 Å². The molecule has 5 atom stereocenters. The molecule has 85 heavy (non-hydrogen) atoms. The second-order valence-electron chi connectivity index (χ2n) is 23.0. The molecule has 454 valence electrons. The lowest BCUT2D eigenvalue weighted by Gasteiger charge is -2.36. The van der Waals surface area contributed by atoms with Crippen LogP contribution in [0.3, 0.4) is 0 Å². The van der Waals surface area contributed by atoms with Crippen LogP contribution in [0.5, 0.6) is 0 Å². The summed E-state index contributed by atoms with van der Waals surface area (Å²) in [5.41, 5.74) is 9.03. The van der Waals surface area contributed by atoms with Crippen molar-refractivity contribution in [3.8, 4) is 0 Å². The average Bonchev–Trinajstić information content (AvgIpc) is 1.91. The molecular weight excluding hydrogens is 1100 g/mol. The molecule has 3 aromatic rings. The monoisotopic (exact) mass is 1170 g/mol. The lowest BCUT2D eigenvalue weighted by Crippen LogP contribution is -2.49. The fraction of sp³-hybridized carbons (Fsp3) is 0.524. The number of carbonyl (C=O) groups is 11. The zero-order valence-corrected chi connectivity index (χ0v) is 48.6. The predicted octanol–water partition coefficient (Wildman–Crippen LogP) is 4.65. The van der Waals surface area contributed by atoms with E-state index >= 15 is 4.39 Å². The van der Waals surface area contributed by atoms with Gasteiger partial charge in [0, 0.05) is 98.9 Å². The van der Waals surface area contributed by atoms with Gasteiger partial charge in [0.2, 0.25) is 29.5 Å². The summed E-state index contributed by atoms with van der Waals surface area (Å²) in [5.74, 6) is -6.84. The van der Waals surface area contributed by atoms with Crippen LogP contribution in [-0.2, 0) is 81.6 Å². The largest absolute Gasteiger partial charge is 0.387 e. The lowest BCUT2D eigenvalue weighted by molar-refractivity contribution is -0.172. The third-order valence-electron chi connectivity index (χ3n) is 17.0. The van der Waals surface area contributed by atoms with Gasteiger partial charge in [0.25, 0.3) is 0 Å². The summed E-state index contributed by atoms with van der Waals surface area (Å²) in [6.07, 6.45) is 5.46. The van der Waals surface area contributed by atoms with Crippen LogP contribution in [0.1, 0.15) is 156 Å². The maximum atomic E-state index is 15.4. The summed E-state index contributed by atoms with van der Waals surface area (Å²) in [5, 5.41) is 20.1. The van der Waals surface area contributed by atoms with Gasteiger partial charge in [0.05, 0.1) is 41.6 Å². The highest BCUT2D eigenvalue weighted by Gasteiger charge is 2.50. The van der Waals surface area contributed by atoms with Crippen molar-refractivity contribution >= 4 is 81.2 Å². The molecule has 8 rings (SSSR count). The van der Waals surface area contributed by atoms with Gasteiger partial charge in [-0.3, -0.25) is 48.1 Å². The van der Waals surface area contributed by atoms with Gasteiger partial charge >= 0.3 is 11.9 Å². The molecule has 5 heterocycles. The number of Topliss-reactive ketones (excluding diaryl/α,β-unsaturated/α-hetero) is 4. The number of aliphatic hydroxyl groups is 1. The molecule has 0 radical (unpaired) electrons. The van der Waals surface area contributed by atoms with Gasteiger partial charge in [-0.1, -0.05) is 57.0 Å². The number of hydrogen-bond acceptors (Lipinski definition) is 17. The fourth-order valence-corrected chi connectivity index (χ4v) is 12.1. The van der Waals surface area contributed by atoms with Crippen molar-refractivity contribution in [3.05, 3.63) is 92.9 Å². The van der Waals surface area contributed by atoms with Crippen molar-refractivity contribution in [3.63, 3.8) is 0 Å². The second kappa shape index (κ2) is 28.5. The average molecular weight is 1170 g/mol. The van der Waals surface area contributed by atoms with Crippen molar-refractivity contribution in [2.75, 3.05) is 39.5 Å². The van der Waals surface area contributed by atoms with E-state index in [4.69, 9.17) is 20.2 Å². The van der Waals surface area contributed by atoms with Gasteiger partial charge in [-0.2, -0.15) is 0 Å². The number of unbranched alkanes of at least 4 members (excludes halogenated alkanes) is 3. The number of cyclic esters (lactones) is 2. The molecule has 0 spiro atoms. The van der Waals surface area contributed by atoms with E-state index in [2.05, 4.69) is 16.0 Å². The third kappa shape index (κ3) is 15.1. The Morgan fingerprint density at radius 1 is 0.906 bits per heavy atom. The van der Waals surface area contributed by atoms with E-state index in [1.54, 1.807) is 57.2 Å². The van der Waals surface area contributed by atoms with Gasteiger partial charge in [-0.05, 0) is 99.1 Å². The molecular formula is C63H76FN7O14. The zero-order valence-electron chi connectivity index (χ0n) is 48.6. The van der Waals surface area contributed by atoms with E-state index in [0.717, 1.165) is 27.6 Å². The molecule has 4 aliphatic heterocycles. The Morgan fingerprint density at radius 3 is 2.40 bits per heavy atom. The number of imide groups is 1. The molecule has 5 aliphatic rings. The van der Waals surface area contributed by atoms with Crippen LogP contribution in [0.2, 0.25) is 0 Å². The normalized spacial score (nSPS) is 19.4. The maximum absolute atomic E-state index is 15.4. The number of hydrogen-bond donors (Lipinski definition) is 5. The molecule has 5 amide bonds. The minimum Gasteiger partial charge on any atom is -0.387 e. The first-order chi connectivity index (χ1) is 40.7. The number of ketones is 4. The number of carbonyl (C=O) groups excluding carboxylic acids is 11.